The van der Waals surface area contributed by atoms with Crippen LogP contribution in [0.25, 0.3) is 0 Å². The molecule has 23 heavy (non-hydrogen) atoms. The number of morpholine rings is 1. The van der Waals surface area contributed by atoms with Gasteiger partial charge in [0.2, 0.25) is 0 Å². The second-order valence-corrected chi connectivity index (χ2v) is 6.77. The molecule has 0 bridgehead atoms. The van der Waals surface area contributed by atoms with Crippen molar-refractivity contribution in [2.45, 2.75) is 45.4 Å². The fraction of sp³-hybridized carbons (Fsp3) is 0.625. The van der Waals surface area contributed by atoms with Crippen molar-refractivity contribution < 1.29 is 14.3 Å². The number of amides is 1. The summed E-state index contributed by atoms with van der Waals surface area (Å²) in [4.78, 5) is 18.2. The zero-order valence-electron chi connectivity index (χ0n) is 14.2. The highest BCUT2D eigenvalue weighted by Crippen LogP contribution is 2.28. The molecule has 2 unspecified atom stereocenters. The van der Waals surface area contributed by atoms with E-state index in [9.17, 15) is 4.79 Å². The minimum atomic E-state index is -0.562. The van der Waals surface area contributed by atoms with Crippen molar-refractivity contribution in [1.82, 2.24) is 9.88 Å². The van der Waals surface area contributed by atoms with Crippen LogP contribution in [0.15, 0.2) is 12.3 Å². The van der Waals surface area contributed by atoms with Gasteiger partial charge < -0.3 is 20.9 Å². The second kappa shape index (κ2) is 6.72. The summed E-state index contributed by atoms with van der Waals surface area (Å²) in [5, 5.41) is 0. The van der Waals surface area contributed by atoms with Crippen LogP contribution < -0.4 is 11.5 Å². The van der Waals surface area contributed by atoms with Crippen LogP contribution in [0.3, 0.4) is 0 Å². The number of hydrogen-bond acceptors (Lipinski definition) is 6. The molecule has 2 atom stereocenters. The Morgan fingerprint density at radius 3 is 2.83 bits per heavy atom. The molecule has 0 aromatic carbocycles. The van der Waals surface area contributed by atoms with Crippen LogP contribution in [-0.2, 0) is 9.47 Å². The summed E-state index contributed by atoms with van der Waals surface area (Å²) in [6.07, 6.45) is 1.26. The Bertz CT molecular complexity index is 551. The Kier molecular flexibility index (Phi) is 5.11. The average molecular weight is 322 g/mol. The maximum atomic E-state index is 12.5. The lowest BCUT2D eigenvalue weighted by molar-refractivity contribution is -0.0382. The van der Waals surface area contributed by atoms with E-state index >= 15 is 0 Å². The number of ether oxygens (including phenoxy) is 2. The highest BCUT2D eigenvalue weighted by molar-refractivity contribution is 5.69. The quantitative estimate of drug-likeness (QED) is 0.857. The molecule has 0 saturated carbocycles. The van der Waals surface area contributed by atoms with Gasteiger partial charge in [-0.2, -0.15) is 0 Å². The summed E-state index contributed by atoms with van der Waals surface area (Å²) in [6.45, 7) is 8.68. The van der Waals surface area contributed by atoms with Crippen LogP contribution in [0.2, 0.25) is 0 Å². The SMILES string of the molecule is Cc1ccnc(N)c1C(N)C1COCCN1C(=O)OC(C)(C)C. The second-order valence-electron chi connectivity index (χ2n) is 6.77. The van der Waals surface area contributed by atoms with Crippen molar-refractivity contribution in [2.24, 2.45) is 5.73 Å². The molecule has 0 spiro atoms. The first-order valence-electron chi connectivity index (χ1n) is 7.74. The lowest BCUT2D eigenvalue weighted by atomic mass is 9.95. The predicted molar refractivity (Wildman–Crippen MR) is 87.9 cm³/mol. The van der Waals surface area contributed by atoms with Gasteiger partial charge in [-0.15, -0.1) is 0 Å². The molecule has 1 aromatic rings. The number of anilines is 1. The Morgan fingerprint density at radius 2 is 2.22 bits per heavy atom. The summed E-state index contributed by atoms with van der Waals surface area (Å²) in [5.74, 6) is 0.382. The molecule has 7 heteroatoms. The lowest BCUT2D eigenvalue weighted by Gasteiger charge is -2.39. The zero-order valence-corrected chi connectivity index (χ0v) is 14.2. The van der Waals surface area contributed by atoms with Gasteiger partial charge in [-0.3, -0.25) is 4.90 Å². The summed E-state index contributed by atoms with van der Waals surface area (Å²) in [6, 6.07) is 1.02. The highest BCUT2D eigenvalue weighted by atomic mass is 16.6. The fourth-order valence-electron chi connectivity index (χ4n) is 2.68. The maximum Gasteiger partial charge on any atom is 0.410 e. The molecule has 1 fully saturated rings. The number of nitrogens with two attached hydrogens (primary N) is 2. The van der Waals surface area contributed by atoms with Crippen LogP contribution in [0.5, 0.6) is 0 Å². The van der Waals surface area contributed by atoms with Crippen molar-refractivity contribution in [3.63, 3.8) is 0 Å². The first-order chi connectivity index (χ1) is 10.7. The number of nitrogen functional groups attached to an aromatic ring is 1. The normalized spacial score (nSPS) is 20.2. The van der Waals surface area contributed by atoms with E-state index in [1.807, 2.05) is 33.8 Å². The van der Waals surface area contributed by atoms with E-state index in [-0.39, 0.29) is 12.1 Å². The fourth-order valence-corrected chi connectivity index (χ4v) is 2.68. The van der Waals surface area contributed by atoms with E-state index in [1.165, 1.54) is 0 Å². The van der Waals surface area contributed by atoms with Crippen LogP contribution >= 0.6 is 0 Å². The van der Waals surface area contributed by atoms with E-state index < -0.39 is 11.6 Å². The zero-order chi connectivity index (χ0) is 17.2. The van der Waals surface area contributed by atoms with Gasteiger partial charge in [0.1, 0.15) is 11.4 Å². The first kappa shape index (κ1) is 17.5. The molecular weight excluding hydrogens is 296 g/mol. The number of hydrogen-bond donors (Lipinski definition) is 2. The highest BCUT2D eigenvalue weighted by Gasteiger charge is 2.36. The van der Waals surface area contributed by atoms with E-state index in [0.717, 1.165) is 11.1 Å². The standard InChI is InChI=1S/C16H26N4O3/c1-10-5-6-19-14(18)12(10)13(17)11-9-22-8-7-20(11)15(21)23-16(2,3)4/h5-6,11,13H,7-9,17H2,1-4H3,(H2,18,19). The van der Waals surface area contributed by atoms with Gasteiger partial charge in [0.25, 0.3) is 0 Å². The van der Waals surface area contributed by atoms with Crippen LogP contribution in [-0.4, -0.2) is 47.4 Å². The summed E-state index contributed by atoms with van der Waals surface area (Å²) < 4.78 is 11.0. The Labute approximate surface area is 136 Å². The number of aryl methyl sites for hydroxylation is 1. The van der Waals surface area contributed by atoms with Gasteiger partial charge in [0.05, 0.1) is 25.3 Å². The number of rotatable bonds is 2. The Balaban J connectivity index is 2.25. The van der Waals surface area contributed by atoms with Crippen molar-refractivity contribution in [1.29, 1.82) is 0 Å². The Morgan fingerprint density at radius 1 is 1.52 bits per heavy atom. The van der Waals surface area contributed by atoms with Gasteiger partial charge in [-0.25, -0.2) is 9.78 Å². The maximum absolute atomic E-state index is 12.5. The number of nitrogens with zero attached hydrogens (tertiary/aromatic N) is 2. The third kappa shape index (κ3) is 4.11. The van der Waals surface area contributed by atoms with Gasteiger partial charge in [-0.1, -0.05) is 0 Å². The van der Waals surface area contributed by atoms with Crippen molar-refractivity contribution in [3.8, 4) is 0 Å². The summed E-state index contributed by atoms with van der Waals surface area (Å²) in [7, 11) is 0. The molecule has 128 valence electrons. The van der Waals surface area contributed by atoms with Gasteiger partial charge in [0, 0.05) is 18.3 Å². The van der Waals surface area contributed by atoms with Crippen LogP contribution in [0, 0.1) is 6.92 Å². The van der Waals surface area contributed by atoms with Crippen LogP contribution in [0.4, 0.5) is 10.6 Å². The van der Waals surface area contributed by atoms with E-state index in [4.69, 9.17) is 20.9 Å². The van der Waals surface area contributed by atoms with Crippen molar-refractivity contribution in [3.05, 3.63) is 23.4 Å². The van der Waals surface area contributed by atoms with Crippen LogP contribution in [0.1, 0.15) is 37.9 Å². The van der Waals surface area contributed by atoms with E-state index in [2.05, 4.69) is 4.98 Å². The molecule has 4 N–H and O–H groups in total. The molecular formula is C16H26N4O3. The van der Waals surface area contributed by atoms with E-state index in [1.54, 1.807) is 11.1 Å². The molecule has 7 nitrogen and oxygen atoms in total. The van der Waals surface area contributed by atoms with Gasteiger partial charge in [-0.05, 0) is 39.3 Å². The molecule has 1 aliphatic rings. The number of pyridine rings is 1. The minimum absolute atomic E-state index is 0.341. The van der Waals surface area contributed by atoms with Gasteiger partial charge >= 0.3 is 6.09 Å². The van der Waals surface area contributed by atoms with Crippen molar-refractivity contribution >= 4 is 11.9 Å². The monoisotopic (exact) mass is 322 g/mol. The molecule has 0 radical (unpaired) electrons. The molecule has 2 heterocycles. The smallest absolute Gasteiger partial charge is 0.410 e. The predicted octanol–water partition coefficient (Wildman–Crippen LogP) is 1.61. The molecule has 0 aliphatic carbocycles. The Hall–Kier alpha value is -1.86. The summed E-state index contributed by atoms with van der Waals surface area (Å²) in [5.41, 5.74) is 13.5. The molecule has 1 aliphatic heterocycles. The first-order valence-corrected chi connectivity index (χ1v) is 7.74. The lowest BCUT2D eigenvalue weighted by Crippen LogP contribution is -2.54. The third-order valence-corrected chi connectivity index (χ3v) is 3.78. The molecule has 1 amide bonds. The van der Waals surface area contributed by atoms with Gasteiger partial charge in [0.15, 0.2) is 0 Å². The number of aromatic nitrogens is 1. The largest absolute Gasteiger partial charge is 0.444 e. The molecule has 2 rings (SSSR count). The number of carbonyl (C=O) groups excluding carboxylic acids is 1. The average Bonchev–Trinajstić information content (AvgIpc) is 2.45. The van der Waals surface area contributed by atoms with Crippen molar-refractivity contribution in [2.75, 3.05) is 25.5 Å². The molecule has 1 aromatic heterocycles. The topological polar surface area (TPSA) is 104 Å². The number of carbonyl (C=O) groups is 1. The van der Waals surface area contributed by atoms with E-state index in [0.29, 0.717) is 25.6 Å². The minimum Gasteiger partial charge on any atom is -0.444 e. The third-order valence-electron chi connectivity index (χ3n) is 3.78. The summed E-state index contributed by atoms with van der Waals surface area (Å²) >= 11 is 0. The molecule has 1 saturated heterocycles.